The molecular formula is C10H13NS. The standard InChI is InChI=1S/C10H13NS/c1-7(2)5-6-10-8(3)11-9(4)12-10/h5-6H,1H2,2-4H3/b6-5-. The number of hydrogen-bond acceptors (Lipinski definition) is 2. The third-order valence-electron chi connectivity index (χ3n) is 1.46. The fourth-order valence-corrected chi connectivity index (χ4v) is 1.75. The molecule has 0 unspecified atom stereocenters. The molecule has 0 spiro atoms. The van der Waals surface area contributed by atoms with Gasteiger partial charge in [-0.25, -0.2) is 4.98 Å². The van der Waals surface area contributed by atoms with E-state index in [4.69, 9.17) is 0 Å². The van der Waals surface area contributed by atoms with Crippen molar-refractivity contribution in [1.82, 2.24) is 4.98 Å². The molecule has 1 rings (SSSR count). The van der Waals surface area contributed by atoms with Crippen LogP contribution in [0.3, 0.4) is 0 Å². The quantitative estimate of drug-likeness (QED) is 0.634. The number of rotatable bonds is 2. The summed E-state index contributed by atoms with van der Waals surface area (Å²) in [6, 6.07) is 0. The van der Waals surface area contributed by atoms with Gasteiger partial charge in [-0.2, -0.15) is 0 Å². The van der Waals surface area contributed by atoms with Crippen molar-refractivity contribution in [3.63, 3.8) is 0 Å². The summed E-state index contributed by atoms with van der Waals surface area (Å²) in [4.78, 5) is 5.56. The molecule has 0 fully saturated rings. The summed E-state index contributed by atoms with van der Waals surface area (Å²) in [5.41, 5.74) is 2.18. The van der Waals surface area contributed by atoms with Crippen molar-refractivity contribution in [2.24, 2.45) is 0 Å². The van der Waals surface area contributed by atoms with Gasteiger partial charge in [0.25, 0.3) is 0 Å². The minimum absolute atomic E-state index is 1.07. The first kappa shape index (κ1) is 9.20. The highest BCUT2D eigenvalue weighted by Crippen LogP contribution is 2.18. The molecule has 64 valence electrons. The first-order chi connectivity index (χ1) is 5.59. The van der Waals surface area contributed by atoms with Crippen LogP contribution in [0.2, 0.25) is 0 Å². The van der Waals surface area contributed by atoms with Crippen molar-refractivity contribution >= 4 is 17.4 Å². The molecule has 0 saturated carbocycles. The maximum atomic E-state index is 4.33. The normalized spacial score (nSPS) is 10.9. The van der Waals surface area contributed by atoms with E-state index in [-0.39, 0.29) is 0 Å². The fourth-order valence-electron chi connectivity index (χ4n) is 0.920. The van der Waals surface area contributed by atoms with Crippen LogP contribution in [0.1, 0.15) is 22.5 Å². The Morgan fingerprint density at radius 3 is 2.58 bits per heavy atom. The summed E-state index contributed by atoms with van der Waals surface area (Å²) in [6.07, 6.45) is 4.09. The van der Waals surface area contributed by atoms with Gasteiger partial charge in [-0.3, -0.25) is 0 Å². The molecule has 1 nitrogen and oxygen atoms in total. The van der Waals surface area contributed by atoms with Gasteiger partial charge in [-0.1, -0.05) is 18.2 Å². The van der Waals surface area contributed by atoms with Crippen LogP contribution in [0.15, 0.2) is 18.2 Å². The molecule has 0 atom stereocenters. The van der Waals surface area contributed by atoms with Crippen LogP contribution in [0, 0.1) is 13.8 Å². The Hall–Kier alpha value is -0.890. The maximum Gasteiger partial charge on any atom is 0.0903 e. The van der Waals surface area contributed by atoms with E-state index in [0.717, 1.165) is 16.3 Å². The lowest BCUT2D eigenvalue weighted by atomic mass is 10.3. The van der Waals surface area contributed by atoms with Crippen molar-refractivity contribution in [3.05, 3.63) is 33.8 Å². The van der Waals surface area contributed by atoms with E-state index in [1.54, 1.807) is 11.3 Å². The second-order valence-corrected chi connectivity index (χ2v) is 4.10. The average molecular weight is 179 g/mol. The van der Waals surface area contributed by atoms with Gasteiger partial charge in [0.05, 0.1) is 15.6 Å². The zero-order valence-electron chi connectivity index (χ0n) is 7.72. The molecule has 2 heteroatoms. The molecule has 1 heterocycles. The largest absolute Gasteiger partial charge is 0.246 e. The van der Waals surface area contributed by atoms with Gasteiger partial charge >= 0.3 is 0 Å². The maximum absolute atomic E-state index is 4.33. The zero-order chi connectivity index (χ0) is 9.14. The van der Waals surface area contributed by atoms with Gasteiger partial charge < -0.3 is 0 Å². The van der Waals surface area contributed by atoms with Gasteiger partial charge in [0, 0.05) is 0 Å². The van der Waals surface area contributed by atoms with Gasteiger partial charge in [-0.05, 0) is 26.8 Å². The highest BCUT2D eigenvalue weighted by molar-refractivity contribution is 7.12. The summed E-state index contributed by atoms with van der Waals surface area (Å²) < 4.78 is 0. The molecule has 0 aliphatic rings. The summed E-state index contributed by atoms with van der Waals surface area (Å²) in [5, 5.41) is 1.12. The van der Waals surface area contributed by atoms with Crippen molar-refractivity contribution in [2.45, 2.75) is 20.8 Å². The minimum Gasteiger partial charge on any atom is -0.246 e. The van der Waals surface area contributed by atoms with Crippen LogP contribution in [0.4, 0.5) is 0 Å². The van der Waals surface area contributed by atoms with E-state index in [0.29, 0.717) is 0 Å². The number of aromatic nitrogens is 1. The lowest BCUT2D eigenvalue weighted by molar-refractivity contribution is 1.20. The molecule has 1 aromatic rings. The SMILES string of the molecule is C=C(C)/C=C\c1sc(C)nc1C. The number of allylic oxidation sites excluding steroid dienone is 2. The predicted molar refractivity (Wildman–Crippen MR) is 55.4 cm³/mol. The predicted octanol–water partition coefficient (Wildman–Crippen LogP) is 3.35. The van der Waals surface area contributed by atoms with Crippen molar-refractivity contribution in [3.8, 4) is 0 Å². The molecule has 0 bridgehead atoms. The van der Waals surface area contributed by atoms with Crippen LogP contribution in [-0.2, 0) is 0 Å². The third kappa shape index (κ3) is 2.31. The molecule has 1 aromatic heterocycles. The first-order valence-electron chi connectivity index (χ1n) is 3.87. The van der Waals surface area contributed by atoms with E-state index in [1.165, 1.54) is 4.88 Å². The van der Waals surface area contributed by atoms with Crippen LogP contribution < -0.4 is 0 Å². The van der Waals surface area contributed by atoms with Crippen LogP contribution >= 0.6 is 11.3 Å². The number of thiazole rings is 1. The van der Waals surface area contributed by atoms with Crippen LogP contribution in [-0.4, -0.2) is 4.98 Å². The fraction of sp³-hybridized carbons (Fsp3) is 0.300. The molecule has 12 heavy (non-hydrogen) atoms. The highest BCUT2D eigenvalue weighted by atomic mass is 32.1. The van der Waals surface area contributed by atoms with Crippen molar-refractivity contribution in [2.75, 3.05) is 0 Å². The summed E-state index contributed by atoms with van der Waals surface area (Å²) in [5.74, 6) is 0. The van der Waals surface area contributed by atoms with Gasteiger partial charge in [0.2, 0.25) is 0 Å². The van der Waals surface area contributed by atoms with Gasteiger partial charge in [0.15, 0.2) is 0 Å². The van der Waals surface area contributed by atoms with E-state index in [9.17, 15) is 0 Å². The summed E-state index contributed by atoms with van der Waals surface area (Å²) in [7, 11) is 0. The van der Waals surface area contributed by atoms with E-state index in [2.05, 4.69) is 17.6 Å². The third-order valence-corrected chi connectivity index (χ3v) is 2.50. The zero-order valence-corrected chi connectivity index (χ0v) is 8.53. The Balaban J connectivity index is 2.89. The Bertz CT molecular complexity index is 321. The summed E-state index contributed by atoms with van der Waals surface area (Å²) in [6.45, 7) is 9.84. The minimum atomic E-state index is 1.07. The second kappa shape index (κ2) is 3.68. The molecule has 0 aliphatic carbocycles. The van der Waals surface area contributed by atoms with Crippen LogP contribution in [0.25, 0.3) is 6.08 Å². The number of nitrogens with zero attached hydrogens (tertiary/aromatic N) is 1. The smallest absolute Gasteiger partial charge is 0.0903 e. The number of aryl methyl sites for hydroxylation is 2. The highest BCUT2D eigenvalue weighted by Gasteiger charge is 1.99. The average Bonchev–Trinajstić information content (AvgIpc) is 2.26. The summed E-state index contributed by atoms with van der Waals surface area (Å²) >= 11 is 1.72. The molecule has 0 saturated heterocycles. The number of hydrogen-bond donors (Lipinski definition) is 0. The molecule has 0 radical (unpaired) electrons. The Morgan fingerprint density at radius 1 is 1.50 bits per heavy atom. The Labute approximate surface area is 77.5 Å². The molecular weight excluding hydrogens is 166 g/mol. The molecule has 0 N–H and O–H groups in total. The van der Waals surface area contributed by atoms with E-state index in [1.807, 2.05) is 26.8 Å². The lowest BCUT2D eigenvalue weighted by Gasteiger charge is -1.86. The topological polar surface area (TPSA) is 12.9 Å². The first-order valence-corrected chi connectivity index (χ1v) is 4.69. The monoisotopic (exact) mass is 179 g/mol. The molecule has 0 aromatic carbocycles. The van der Waals surface area contributed by atoms with Gasteiger partial charge in [0.1, 0.15) is 0 Å². The van der Waals surface area contributed by atoms with E-state index < -0.39 is 0 Å². The van der Waals surface area contributed by atoms with Crippen molar-refractivity contribution in [1.29, 1.82) is 0 Å². The molecule has 0 aliphatic heterocycles. The van der Waals surface area contributed by atoms with Gasteiger partial charge in [-0.15, -0.1) is 11.3 Å². The van der Waals surface area contributed by atoms with Crippen LogP contribution in [0.5, 0.6) is 0 Å². The van der Waals surface area contributed by atoms with E-state index >= 15 is 0 Å². The molecule has 0 amide bonds. The Kier molecular flexibility index (Phi) is 2.82. The Morgan fingerprint density at radius 2 is 2.17 bits per heavy atom. The second-order valence-electron chi connectivity index (χ2n) is 2.86. The van der Waals surface area contributed by atoms with Crippen molar-refractivity contribution < 1.29 is 0 Å². The lowest BCUT2D eigenvalue weighted by Crippen LogP contribution is -1.73.